The number of hydrogen-bond donors (Lipinski definition) is 4. The molecule has 0 saturated heterocycles. The summed E-state index contributed by atoms with van der Waals surface area (Å²) in [6, 6.07) is 12.6. The highest BCUT2D eigenvalue weighted by atomic mass is 16.4. The highest BCUT2D eigenvalue weighted by Gasteiger charge is 2.61. The standard InChI is InChI=1S/C23H25NO4/c1-22-9-8-20(26)23(12-25,21(27)28)19(22)7-6-13-10-18-15(11-16(13)22)14-4-2-3-5-17(14)24-18/h2-5,10-11,19-20,24-26H,6-9,12H2,1H3,(H,27,28)/t19-,20+,22?,23?/m1/s1. The van der Waals surface area contributed by atoms with E-state index in [0.717, 1.165) is 28.2 Å². The summed E-state index contributed by atoms with van der Waals surface area (Å²) in [5.41, 5.74) is 2.72. The summed E-state index contributed by atoms with van der Waals surface area (Å²) in [5, 5.41) is 33.1. The number of hydrogen-bond acceptors (Lipinski definition) is 3. The first-order valence-electron chi connectivity index (χ1n) is 9.98. The second-order valence-electron chi connectivity index (χ2n) is 8.79. The number of H-pyrrole nitrogens is 1. The van der Waals surface area contributed by atoms with E-state index in [4.69, 9.17) is 0 Å². The Hall–Kier alpha value is -2.37. The Bertz CT molecular complexity index is 1100. The van der Waals surface area contributed by atoms with Gasteiger partial charge in [-0.1, -0.05) is 25.1 Å². The van der Waals surface area contributed by atoms with Gasteiger partial charge >= 0.3 is 5.97 Å². The van der Waals surface area contributed by atoms with Gasteiger partial charge in [0.05, 0.1) is 12.7 Å². The van der Waals surface area contributed by atoms with Gasteiger partial charge in [-0.2, -0.15) is 0 Å². The van der Waals surface area contributed by atoms with E-state index in [1.165, 1.54) is 11.1 Å². The summed E-state index contributed by atoms with van der Waals surface area (Å²) in [4.78, 5) is 15.7. The van der Waals surface area contributed by atoms with E-state index in [1.54, 1.807) is 0 Å². The van der Waals surface area contributed by atoms with Crippen LogP contribution in [0, 0.1) is 11.3 Å². The van der Waals surface area contributed by atoms with Crippen LogP contribution in [-0.4, -0.2) is 39.0 Å². The number of aliphatic hydroxyl groups excluding tert-OH is 2. The molecule has 2 unspecified atom stereocenters. The summed E-state index contributed by atoms with van der Waals surface area (Å²) in [6.07, 6.45) is 1.48. The van der Waals surface area contributed by atoms with Crippen molar-refractivity contribution in [3.8, 4) is 0 Å². The summed E-state index contributed by atoms with van der Waals surface area (Å²) in [7, 11) is 0. The summed E-state index contributed by atoms with van der Waals surface area (Å²) < 4.78 is 0. The SMILES string of the molecule is CC12CC[C@H](O)C(CO)(C(=O)O)[C@@H]1CCc1cc3[nH]c4ccccc4c3cc12. The second-order valence-corrected chi connectivity index (χ2v) is 8.79. The number of aryl methyl sites for hydroxylation is 1. The number of nitrogens with one attached hydrogen (secondary N) is 1. The summed E-state index contributed by atoms with van der Waals surface area (Å²) in [6.45, 7) is 1.59. The van der Waals surface area contributed by atoms with Gasteiger partial charge in [0.2, 0.25) is 0 Å². The zero-order chi connectivity index (χ0) is 19.7. The van der Waals surface area contributed by atoms with Crippen LogP contribution in [-0.2, 0) is 16.6 Å². The molecule has 4 atom stereocenters. The van der Waals surface area contributed by atoms with Gasteiger partial charge in [-0.05, 0) is 66.3 Å². The van der Waals surface area contributed by atoms with E-state index in [2.05, 4.69) is 36.2 Å². The fourth-order valence-corrected chi connectivity index (χ4v) is 6.12. The van der Waals surface area contributed by atoms with Crippen LogP contribution in [0.1, 0.15) is 37.3 Å². The van der Waals surface area contributed by atoms with Gasteiger partial charge in [0.25, 0.3) is 0 Å². The molecule has 2 aromatic carbocycles. The van der Waals surface area contributed by atoms with Crippen LogP contribution >= 0.6 is 0 Å². The van der Waals surface area contributed by atoms with E-state index < -0.39 is 24.1 Å². The number of aromatic nitrogens is 1. The van der Waals surface area contributed by atoms with Crippen molar-refractivity contribution in [1.82, 2.24) is 4.98 Å². The molecule has 146 valence electrons. The van der Waals surface area contributed by atoms with Gasteiger partial charge in [0.15, 0.2) is 0 Å². The number of para-hydroxylation sites is 1. The largest absolute Gasteiger partial charge is 0.481 e. The zero-order valence-electron chi connectivity index (χ0n) is 15.9. The van der Waals surface area contributed by atoms with Crippen molar-refractivity contribution < 1.29 is 20.1 Å². The van der Waals surface area contributed by atoms with Crippen molar-refractivity contribution in [3.05, 3.63) is 47.5 Å². The third-order valence-electron chi connectivity index (χ3n) is 7.63. The van der Waals surface area contributed by atoms with Gasteiger partial charge in [-0.25, -0.2) is 0 Å². The van der Waals surface area contributed by atoms with Crippen molar-refractivity contribution >= 4 is 27.8 Å². The molecule has 2 aliphatic carbocycles. The maximum atomic E-state index is 12.2. The van der Waals surface area contributed by atoms with Gasteiger partial charge < -0.3 is 20.3 Å². The Morgan fingerprint density at radius 1 is 1.18 bits per heavy atom. The van der Waals surface area contributed by atoms with Gasteiger partial charge in [-0.15, -0.1) is 0 Å². The first-order chi connectivity index (χ1) is 13.4. The fraction of sp³-hybridized carbons (Fsp3) is 0.435. The predicted molar refractivity (Wildman–Crippen MR) is 107 cm³/mol. The number of carboxylic acid groups (broad SMARTS) is 1. The number of aliphatic hydroxyl groups is 2. The monoisotopic (exact) mass is 379 g/mol. The minimum absolute atomic E-state index is 0.304. The molecular formula is C23H25NO4. The molecule has 2 aliphatic rings. The van der Waals surface area contributed by atoms with Crippen LogP contribution in [0.5, 0.6) is 0 Å². The maximum absolute atomic E-state index is 12.2. The lowest BCUT2D eigenvalue weighted by atomic mass is 9.48. The van der Waals surface area contributed by atoms with Crippen LogP contribution in [0.3, 0.4) is 0 Å². The number of rotatable bonds is 2. The minimum Gasteiger partial charge on any atom is -0.481 e. The predicted octanol–water partition coefficient (Wildman–Crippen LogP) is 3.36. The molecular weight excluding hydrogens is 354 g/mol. The lowest BCUT2D eigenvalue weighted by molar-refractivity contribution is -0.182. The topological polar surface area (TPSA) is 93.6 Å². The lowest BCUT2D eigenvalue weighted by Gasteiger charge is -2.55. The van der Waals surface area contributed by atoms with Crippen molar-refractivity contribution in [2.45, 2.75) is 44.1 Å². The zero-order valence-corrected chi connectivity index (χ0v) is 15.9. The molecule has 1 fully saturated rings. The van der Waals surface area contributed by atoms with Crippen LogP contribution in [0.2, 0.25) is 0 Å². The third kappa shape index (κ3) is 2.06. The third-order valence-corrected chi connectivity index (χ3v) is 7.63. The maximum Gasteiger partial charge on any atom is 0.314 e. The molecule has 0 spiro atoms. The summed E-state index contributed by atoms with van der Waals surface area (Å²) in [5.74, 6) is -1.39. The molecule has 4 N–H and O–H groups in total. The molecule has 0 amide bonds. The fourth-order valence-electron chi connectivity index (χ4n) is 6.12. The molecule has 1 heterocycles. The highest BCUT2D eigenvalue weighted by Crippen LogP contribution is 2.57. The molecule has 0 radical (unpaired) electrons. The molecule has 1 aromatic heterocycles. The lowest BCUT2D eigenvalue weighted by Crippen LogP contribution is -2.61. The van der Waals surface area contributed by atoms with Crippen LogP contribution in [0.15, 0.2) is 36.4 Å². The number of aliphatic carboxylic acids is 1. The normalized spacial score (nSPS) is 32.2. The van der Waals surface area contributed by atoms with Crippen molar-refractivity contribution in [2.24, 2.45) is 11.3 Å². The van der Waals surface area contributed by atoms with Crippen LogP contribution in [0.4, 0.5) is 0 Å². The van der Waals surface area contributed by atoms with E-state index in [9.17, 15) is 20.1 Å². The van der Waals surface area contributed by atoms with E-state index in [-0.39, 0.29) is 11.3 Å². The van der Waals surface area contributed by atoms with E-state index in [0.29, 0.717) is 19.3 Å². The number of aromatic amines is 1. The molecule has 28 heavy (non-hydrogen) atoms. The molecule has 1 saturated carbocycles. The number of benzene rings is 2. The Balaban J connectivity index is 1.75. The van der Waals surface area contributed by atoms with Crippen molar-refractivity contribution in [2.75, 3.05) is 6.61 Å². The number of carboxylic acids is 1. The number of carbonyl (C=O) groups is 1. The van der Waals surface area contributed by atoms with Crippen molar-refractivity contribution in [3.63, 3.8) is 0 Å². The minimum atomic E-state index is -1.50. The average Bonchev–Trinajstić information content (AvgIpc) is 3.05. The second kappa shape index (κ2) is 5.82. The van der Waals surface area contributed by atoms with E-state index in [1.807, 2.05) is 12.1 Å². The molecule has 0 bridgehead atoms. The quantitative estimate of drug-likeness (QED) is 0.549. The Kier molecular flexibility index (Phi) is 3.68. The molecule has 5 nitrogen and oxygen atoms in total. The first-order valence-corrected chi connectivity index (χ1v) is 9.98. The molecule has 5 rings (SSSR count). The van der Waals surface area contributed by atoms with Crippen molar-refractivity contribution in [1.29, 1.82) is 0 Å². The molecule has 3 aromatic rings. The van der Waals surface area contributed by atoms with Gasteiger partial charge in [0.1, 0.15) is 5.41 Å². The average molecular weight is 379 g/mol. The van der Waals surface area contributed by atoms with Gasteiger partial charge in [-0.3, -0.25) is 4.79 Å². The van der Waals surface area contributed by atoms with E-state index >= 15 is 0 Å². The summed E-state index contributed by atoms with van der Waals surface area (Å²) >= 11 is 0. The first kappa shape index (κ1) is 17.7. The molecule has 5 heteroatoms. The smallest absolute Gasteiger partial charge is 0.314 e. The number of fused-ring (bicyclic) bond motifs is 6. The van der Waals surface area contributed by atoms with Crippen LogP contribution < -0.4 is 0 Å². The van der Waals surface area contributed by atoms with Crippen LogP contribution in [0.25, 0.3) is 21.8 Å². The van der Waals surface area contributed by atoms with Gasteiger partial charge in [0, 0.05) is 21.8 Å². The Morgan fingerprint density at radius 2 is 1.96 bits per heavy atom. The Morgan fingerprint density at radius 3 is 2.71 bits per heavy atom. The highest BCUT2D eigenvalue weighted by molar-refractivity contribution is 6.07. The Labute approximate surface area is 163 Å². The molecule has 0 aliphatic heterocycles.